The zero-order chi connectivity index (χ0) is 13.1. The largest absolute Gasteiger partial charge is 0.362 e. The van der Waals surface area contributed by atoms with Crippen LogP contribution in [0.4, 0.5) is 29.3 Å². The maximum Gasteiger partial charge on any atom is 0.324 e. The highest BCUT2D eigenvalue weighted by Gasteiger charge is 2.40. The Kier molecular flexibility index (Phi) is 4.29. The molecule has 4 N–H and O–H groups in total. The fourth-order valence-corrected chi connectivity index (χ4v) is 0.997. The van der Waals surface area contributed by atoms with Crippen LogP contribution in [0.1, 0.15) is 0 Å². The van der Waals surface area contributed by atoms with Gasteiger partial charge in [-0.25, -0.2) is 19.6 Å². The monoisotopic (exact) mass is 273 g/mol. The Morgan fingerprint density at radius 3 is 2.65 bits per heavy atom. The number of nitrogens with one attached hydrogen (secondary N) is 2. The predicted molar refractivity (Wildman–Crippen MR) is 54.3 cm³/mol. The van der Waals surface area contributed by atoms with E-state index in [1.54, 1.807) is 0 Å². The fraction of sp³-hybridized carbons (Fsp3) is 0.429. The summed E-state index contributed by atoms with van der Waals surface area (Å²) in [6.45, 7) is -1.30. The Morgan fingerprint density at radius 2 is 2.12 bits per heavy atom. The van der Waals surface area contributed by atoms with E-state index in [4.69, 9.17) is 17.4 Å². The summed E-state index contributed by atoms with van der Waals surface area (Å²) >= 11 is 5.57. The lowest BCUT2D eigenvalue weighted by atomic mass is 10.3. The van der Waals surface area contributed by atoms with Gasteiger partial charge in [-0.05, 0) is 0 Å². The van der Waals surface area contributed by atoms with Gasteiger partial charge in [-0.2, -0.15) is 13.8 Å². The van der Waals surface area contributed by atoms with Gasteiger partial charge < -0.3 is 5.32 Å². The molecule has 1 heterocycles. The molecule has 0 bridgehead atoms. The number of hydrazine groups is 1. The van der Waals surface area contributed by atoms with Crippen LogP contribution in [-0.4, -0.2) is 28.9 Å². The van der Waals surface area contributed by atoms with Gasteiger partial charge in [0.2, 0.25) is 5.95 Å². The average Bonchev–Trinajstić information content (AvgIpc) is 2.28. The van der Waals surface area contributed by atoms with Crippen LogP contribution in [0.2, 0.25) is 5.02 Å². The summed E-state index contributed by atoms with van der Waals surface area (Å²) in [6, 6.07) is 0. The van der Waals surface area contributed by atoms with Crippen molar-refractivity contribution >= 4 is 23.4 Å². The van der Waals surface area contributed by atoms with Gasteiger partial charge >= 0.3 is 12.3 Å². The van der Waals surface area contributed by atoms with Gasteiger partial charge in [-0.1, -0.05) is 11.6 Å². The molecule has 0 saturated carbocycles. The SMILES string of the molecule is NNc1ncc(Cl)c(NCC(F)(F)C(F)F)n1. The third-order valence-corrected chi connectivity index (χ3v) is 1.96. The second-order valence-corrected chi connectivity index (χ2v) is 3.36. The molecule has 10 heteroatoms. The van der Waals surface area contributed by atoms with E-state index < -0.39 is 18.9 Å². The zero-order valence-electron chi connectivity index (χ0n) is 8.22. The van der Waals surface area contributed by atoms with Crippen LogP contribution in [0.15, 0.2) is 6.20 Å². The molecule has 0 unspecified atom stereocenters. The van der Waals surface area contributed by atoms with Crippen molar-refractivity contribution in [3.05, 3.63) is 11.2 Å². The minimum atomic E-state index is -4.18. The van der Waals surface area contributed by atoms with Crippen molar-refractivity contribution in [3.8, 4) is 0 Å². The first kappa shape index (κ1) is 13.7. The quantitative estimate of drug-likeness (QED) is 0.433. The summed E-state index contributed by atoms with van der Waals surface area (Å²) in [5.74, 6) is 0.510. The normalized spacial score (nSPS) is 11.7. The molecule has 1 aromatic heterocycles. The second-order valence-electron chi connectivity index (χ2n) is 2.95. The van der Waals surface area contributed by atoms with Crippen LogP contribution >= 0.6 is 11.6 Å². The van der Waals surface area contributed by atoms with Crippen molar-refractivity contribution in [2.24, 2.45) is 5.84 Å². The molecule has 96 valence electrons. The van der Waals surface area contributed by atoms with Gasteiger partial charge in [0.1, 0.15) is 5.02 Å². The molecule has 0 radical (unpaired) electrons. The summed E-state index contributed by atoms with van der Waals surface area (Å²) in [4.78, 5) is 7.17. The first-order chi connectivity index (χ1) is 7.86. The van der Waals surface area contributed by atoms with Gasteiger partial charge in [-0.3, -0.25) is 5.43 Å². The van der Waals surface area contributed by atoms with Crippen molar-refractivity contribution in [1.29, 1.82) is 0 Å². The van der Waals surface area contributed by atoms with Gasteiger partial charge in [-0.15, -0.1) is 0 Å². The maximum atomic E-state index is 12.6. The molecule has 0 atom stereocenters. The molecule has 0 aromatic carbocycles. The predicted octanol–water partition coefficient (Wildman–Crippen LogP) is 1.73. The highest BCUT2D eigenvalue weighted by molar-refractivity contribution is 6.32. The maximum absolute atomic E-state index is 12.6. The topological polar surface area (TPSA) is 75.9 Å². The number of alkyl halides is 4. The van der Waals surface area contributed by atoms with Crippen LogP contribution in [0.5, 0.6) is 0 Å². The van der Waals surface area contributed by atoms with Crippen LogP contribution in [-0.2, 0) is 0 Å². The Hall–Kier alpha value is -1.35. The number of nitrogen functional groups attached to an aromatic ring is 1. The van der Waals surface area contributed by atoms with Gasteiger partial charge in [0.05, 0.1) is 12.7 Å². The van der Waals surface area contributed by atoms with Gasteiger partial charge in [0.25, 0.3) is 0 Å². The number of rotatable bonds is 5. The smallest absolute Gasteiger partial charge is 0.324 e. The standard InChI is InChI=1S/C7H8ClF4N5/c8-3-1-14-6(17-13)16-4(3)15-2-7(11,12)5(9)10/h1,5H,2,13H2,(H2,14,15,16,17). The number of hydrogen-bond acceptors (Lipinski definition) is 5. The number of aromatic nitrogens is 2. The summed E-state index contributed by atoms with van der Waals surface area (Å²) in [5, 5.41) is 1.91. The highest BCUT2D eigenvalue weighted by atomic mass is 35.5. The number of hydrogen-bond donors (Lipinski definition) is 3. The van der Waals surface area contributed by atoms with Crippen molar-refractivity contribution in [1.82, 2.24) is 9.97 Å². The third kappa shape index (κ3) is 3.56. The molecular weight excluding hydrogens is 266 g/mol. The van der Waals surface area contributed by atoms with E-state index in [9.17, 15) is 17.6 Å². The lowest BCUT2D eigenvalue weighted by Crippen LogP contribution is -2.35. The third-order valence-electron chi connectivity index (χ3n) is 1.68. The van der Waals surface area contributed by atoms with Crippen LogP contribution in [0.3, 0.4) is 0 Å². The van der Waals surface area contributed by atoms with E-state index in [-0.39, 0.29) is 16.8 Å². The van der Waals surface area contributed by atoms with Crippen LogP contribution < -0.4 is 16.6 Å². The molecule has 0 saturated heterocycles. The van der Waals surface area contributed by atoms with Gasteiger partial charge in [0.15, 0.2) is 5.82 Å². The molecule has 17 heavy (non-hydrogen) atoms. The van der Waals surface area contributed by atoms with E-state index in [0.717, 1.165) is 6.20 Å². The van der Waals surface area contributed by atoms with E-state index in [2.05, 4.69) is 15.4 Å². The van der Waals surface area contributed by atoms with Crippen LogP contribution in [0.25, 0.3) is 0 Å². The summed E-state index contributed by atoms with van der Waals surface area (Å²) in [6.07, 6.45) is -2.69. The highest BCUT2D eigenvalue weighted by Crippen LogP contribution is 2.25. The minimum Gasteiger partial charge on any atom is -0.362 e. The van der Waals surface area contributed by atoms with Crippen molar-refractivity contribution < 1.29 is 17.6 Å². The van der Waals surface area contributed by atoms with Crippen LogP contribution in [0, 0.1) is 0 Å². The lowest BCUT2D eigenvalue weighted by molar-refractivity contribution is -0.117. The molecule has 0 amide bonds. The Bertz CT molecular complexity index is 389. The summed E-state index contributed by atoms with van der Waals surface area (Å²) in [7, 11) is 0. The van der Waals surface area contributed by atoms with Crippen molar-refractivity contribution in [2.75, 3.05) is 17.3 Å². The molecule has 0 aliphatic rings. The number of nitrogens with zero attached hydrogens (tertiary/aromatic N) is 2. The average molecular weight is 274 g/mol. The Balaban J connectivity index is 2.75. The van der Waals surface area contributed by atoms with E-state index in [0.29, 0.717) is 0 Å². The van der Waals surface area contributed by atoms with E-state index in [1.807, 2.05) is 5.32 Å². The lowest BCUT2D eigenvalue weighted by Gasteiger charge is -2.16. The molecule has 0 spiro atoms. The molecular formula is C7H8ClF4N5. The molecule has 5 nitrogen and oxygen atoms in total. The number of nitrogens with two attached hydrogens (primary N) is 1. The van der Waals surface area contributed by atoms with Crippen molar-refractivity contribution in [3.63, 3.8) is 0 Å². The minimum absolute atomic E-state index is 0.0859. The zero-order valence-corrected chi connectivity index (χ0v) is 8.98. The Labute approximate surface area is 98.3 Å². The summed E-state index contributed by atoms with van der Waals surface area (Å²) in [5.41, 5.74) is 2.06. The first-order valence-corrected chi connectivity index (χ1v) is 4.63. The van der Waals surface area contributed by atoms with E-state index in [1.165, 1.54) is 0 Å². The number of anilines is 2. The first-order valence-electron chi connectivity index (χ1n) is 4.26. The van der Waals surface area contributed by atoms with Crippen molar-refractivity contribution in [2.45, 2.75) is 12.3 Å². The Morgan fingerprint density at radius 1 is 1.47 bits per heavy atom. The fourth-order valence-electron chi connectivity index (χ4n) is 0.839. The molecule has 0 aliphatic heterocycles. The molecule has 1 rings (SSSR count). The molecule has 0 fully saturated rings. The molecule has 1 aromatic rings. The number of halogens is 5. The van der Waals surface area contributed by atoms with E-state index >= 15 is 0 Å². The second kappa shape index (κ2) is 5.32. The summed E-state index contributed by atoms with van der Waals surface area (Å²) < 4.78 is 49.0. The molecule has 0 aliphatic carbocycles. The van der Waals surface area contributed by atoms with Gasteiger partial charge in [0, 0.05) is 0 Å².